The topological polar surface area (TPSA) is 76.1 Å². The van der Waals surface area contributed by atoms with Gasteiger partial charge < -0.3 is 19.5 Å². The maximum atomic E-state index is 12.5. The number of methoxy groups -OCH3 is 1. The number of hydrogen-bond donors (Lipinski definition) is 1. The van der Waals surface area contributed by atoms with Crippen LogP contribution in [0.1, 0.15) is 29.5 Å². The van der Waals surface area contributed by atoms with Crippen LogP contribution in [0.25, 0.3) is 5.76 Å². The number of carbonyl (C=O) groups is 2. The molecule has 186 valence electrons. The van der Waals surface area contributed by atoms with Crippen molar-refractivity contribution in [2.75, 3.05) is 38.2 Å². The minimum atomic E-state index is -0.489. The Morgan fingerprint density at radius 2 is 1.89 bits per heavy atom. The van der Waals surface area contributed by atoms with Gasteiger partial charge in [-0.25, -0.2) is 0 Å². The normalized spacial score (nSPS) is 20.0. The van der Waals surface area contributed by atoms with E-state index in [2.05, 4.69) is 11.5 Å². The molecule has 1 saturated heterocycles. The first-order valence-electron chi connectivity index (χ1n) is 12.0. The highest BCUT2D eigenvalue weighted by Crippen LogP contribution is 2.37. The number of β-amino-alcohol motifs (C(OH)–C–C–N with tert-alkyl or cyclic N) is 1. The summed E-state index contributed by atoms with van der Waals surface area (Å²) in [4.78, 5) is 27.2. The Morgan fingerprint density at radius 1 is 1.14 bits per heavy atom. The third-order valence-electron chi connectivity index (χ3n) is 6.77. The lowest BCUT2D eigenvalue weighted by atomic mass is 9.92. The van der Waals surface area contributed by atoms with Crippen molar-refractivity contribution in [3.8, 4) is 5.75 Å². The molecule has 7 heteroatoms. The summed E-state index contributed by atoms with van der Waals surface area (Å²) in [5.74, 6) is 1.15. The molecule has 6 nitrogen and oxygen atoms in total. The molecule has 0 radical (unpaired) electrons. The van der Waals surface area contributed by atoms with Gasteiger partial charge in [-0.3, -0.25) is 9.59 Å². The number of Topliss-reactive ketones (excluding diaryl/α,β-unsaturated/α-hetero) is 2. The van der Waals surface area contributed by atoms with Crippen molar-refractivity contribution in [1.29, 1.82) is 0 Å². The predicted molar refractivity (Wildman–Crippen MR) is 139 cm³/mol. The van der Waals surface area contributed by atoms with Crippen LogP contribution in [0.4, 0.5) is 0 Å². The van der Waals surface area contributed by atoms with Crippen LogP contribution in [0.5, 0.6) is 5.75 Å². The van der Waals surface area contributed by atoms with Crippen molar-refractivity contribution in [3.05, 3.63) is 71.8 Å². The molecule has 2 aliphatic rings. The Morgan fingerprint density at radius 3 is 2.60 bits per heavy atom. The van der Waals surface area contributed by atoms with Gasteiger partial charge in [0.25, 0.3) is 0 Å². The SMILES string of the molecule is C=C1OC2(CCN(CC(O)Cc3ccccc3)CC2)CSCC(=O)C(=O)Cc2ccc(OC)cc21. The third kappa shape index (κ3) is 6.54. The first-order valence-corrected chi connectivity index (χ1v) is 13.2. The Labute approximate surface area is 211 Å². The standard InChI is InChI=1S/C28H33NO5S/c1-20-25-16-24(33-2)9-8-22(25)15-26(31)27(32)18-35-19-28(34-20)10-12-29(13-11-28)17-23(30)14-21-6-4-3-5-7-21/h3-9,16,23,30H,1,10-15,17-19H2,2H3. The first-order chi connectivity index (χ1) is 16.9. The van der Waals surface area contributed by atoms with E-state index >= 15 is 0 Å². The van der Waals surface area contributed by atoms with Crippen molar-refractivity contribution >= 4 is 29.1 Å². The fraction of sp³-hybridized carbons (Fsp3) is 0.429. The number of fused-ring (bicyclic) bond motifs is 1. The lowest BCUT2D eigenvalue weighted by Gasteiger charge is -2.42. The van der Waals surface area contributed by atoms with Crippen LogP contribution in [0.15, 0.2) is 55.1 Å². The van der Waals surface area contributed by atoms with E-state index in [0.29, 0.717) is 35.8 Å². The lowest BCUT2D eigenvalue weighted by Crippen LogP contribution is -2.49. The van der Waals surface area contributed by atoms with Crippen molar-refractivity contribution in [3.63, 3.8) is 0 Å². The number of ketones is 2. The van der Waals surface area contributed by atoms with Gasteiger partial charge in [-0.2, -0.15) is 0 Å². The van der Waals surface area contributed by atoms with Crippen molar-refractivity contribution < 1.29 is 24.2 Å². The number of carbonyl (C=O) groups excluding carboxylic acids is 2. The first kappa shape index (κ1) is 25.5. The quantitative estimate of drug-likeness (QED) is 0.636. The van der Waals surface area contributed by atoms with Crippen molar-refractivity contribution in [2.45, 2.75) is 37.4 Å². The van der Waals surface area contributed by atoms with Crippen LogP contribution >= 0.6 is 11.8 Å². The average molecular weight is 496 g/mol. The molecule has 2 aliphatic heterocycles. The summed E-state index contributed by atoms with van der Waals surface area (Å²) in [5, 5.41) is 10.6. The second-order valence-electron chi connectivity index (χ2n) is 9.39. The molecule has 1 spiro atoms. The molecular formula is C28H33NO5S. The summed E-state index contributed by atoms with van der Waals surface area (Å²) >= 11 is 1.45. The third-order valence-corrected chi connectivity index (χ3v) is 7.96. The zero-order valence-corrected chi connectivity index (χ0v) is 21.0. The van der Waals surface area contributed by atoms with Gasteiger partial charge in [0.1, 0.15) is 17.1 Å². The fourth-order valence-corrected chi connectivity index (χ4v) is 5.93. The summed E-state index contributed by atoms with van der Waals surface area (Å²) in [6, 6.07) is 15.4. The molecular weight excluding hydrogens is 462 g/mol. The molecule has 0 saturated carbocycles. The summed E-state index contributed by atoms with van der Waals surface area (Å²) in [5.41, 5.74) is 2.06. The number of aliphatic hydroxyl groups excluding tert-OH is 1. The van der Waals surface area contributed by atoms with Crippen LogP contribution in [-0.2, 0) is 27.2 Å². The maximum absolute atomic E-state index is 12.5. The number of ether oxygens (including phenoxy) is 2. The molecule has 35 heavy (non-hydrogen) atoms. The van der Waals surface area contributed by atoms with E-state index in [0.717, 1.165) is 37.1 Å². The maximum Gasteiger partial charge on any atom is 0.208 e. The number of piperidine rings is 1. The Kier molecular flexibility index (Phi) is 8.31. The molecule has 0 aliphatic carbocycles. The van der Waals surface area contributed by atoms with Gasteiger partial charge in [-0.15, -0.1) is 11.8 Å². The van der Waals surface area contributed by atoms with E-state index in [1.807, 2.05) is 42.5 Å². The van der Waals surface area contributed by atoms with E-state index in [9.17, 15) is 14.7 Å². The number of nitrogens with zero attached hydrogens (tertiary/aromatic N) is 1. The van der Waals surface area contributed by atoms with E-state index in [1.54, 1.807) is 13.2 Å². The zero-order valence-electron chi connectivity index (χ0n) is 20.2. The van der Waals surface area contributed by atoms with Crippen LogP contribution in [0.2, 0.25) is 0 Å². The highest BCUT2D eigenvalue weighted by Gasteiger charge is 2.38. The van der Waals surface area contributed by atoms with Gasteiger partial charge in [0, 0.05) is 50.2 Å². The summed E-state index contributed by atoms with van der Waals surface area (Å²) < 4.78 is 12.0. The molecule has 2 aromatic carbocycles. The molecule has 1 atom stereocenters. The second-order valence-corrected chi connectivity index (χ2v) is 10.4. The van der Waals surface area contributed by atoms with Crippen LogP contribution in [0.3, 0.4) is 0 Å². The predicted octanol–water partition coefficient (Wildman–Crippen LogP) is 3.55. The molecule has 2 heterocycles. The van der Waals surface area contributed by atoms with Gasteiger partial charge in [-0.1, -0.05) is 43.0 Å². The Bertz CT molecular complexity index is 1060. The number of hydrogen-bond acceptors (Lipinski definition) is 7. The molecule has 4 rings (SSSR count). The molecule has 0 bridgehead atoms. The molecule has 1 N–H and O–H groups in total. The molecule has 2 aromatic rings. The van der Waals surface area contributed by atoms with E-state index in [1.165, 1.54) is 11.8 Å². The minimum absolute atomic E-state index is 0.0289. The van der Waals surface area contributed by atoms with Crippen LogP contribution in [0, 0.1) is 0 Å². The number of benzene rings is 2. The van der Waals surface area contributed by atoms with Gasteiger partial charge in [0.05, 0.1) is 19.0 Å². The Balaban J connectivity index is 1.46. The van der Waals surface area contributed by atoms with Gasteiger partial charge in [0.2, 0.25) is 11.6 Å². The average Bonchev–Trinajstić information content (AvgIpc) is 2.87. The highest BCUT2D eigenvalue weighted by atomic mass is 32.2. The van der Waals surface area contributed by atoms with Gasteiger partial charge in [0.15, 0.2) is 0 Å². The molecule has 0 aromatic heterocycles. The van der Waals surface area contributed by atoms with Gasteiger partial charge in [-0.05, 0) is 29.7 Å². The number of aliphatic hydroxyl groups is 1. The zero-order chi connectivity index (χ0) is 24.8. The summed E-state index contributed by atoms with van der Waals surface area (Å²) in [6.07, 6.45) is 1.71. The number of thioether (sulfide) groups is 1. The second kappa shape index (κ2) is 11.4. The molecule has 1 unspecified atom stereocenters. The number of rotatable bonds is 5. The largest absolute Gasteiger partial charge is 0.497 e. The fourth-order valence-electron chi connectivity index (χ4n) is 4.76. The smallest absolute Gasteiger partial charge is 0.208 e. The Hall–Kier alpha value is -2.61. The highest BCUT2D eigenvalue weighted by molar-refractivity contribution is 8.00. The van der Waals surface area contributed by atoms with E-state index in [4.69, 9.17) is 9.47 Å². The van der Waals surface area contributed by atoms with Crippen molar-refractivity contribution in [2.24, 2.45) is 0 Å². The monoisotopic (exact) mass is 495 g/mol. The molecule has 0 amide bonds. The van der Waals surface area contributed by atoms with Crippen LogP contribution < -0.4 is 4.74 Å². The van der Waals surface area contributed by atoms with Crippen molar-refractivity contribution in [1.82, 2.24) is 4.90 Å². The van der Waals surface area contributed by atoms with E-state index in [-0.39, 0.29) is 18.0 Å². The minimum Gasteiger partial charge on any atom is -0.497 e. The number of likely N-dealkylation sites (tertiary alicyclic amines) is 1. The van der Waals surface area contributed by atoms with Crippen LogP contribution in [-0.4, -0.2) is 71.5 Å². The van der Waals surface area contributed by atoms with E-state index < -0.39 is 17.5 Å². The van der Waals surface area contributed by atoms with Gasteiger partial charge >= 0.3 is 0 Å². The summed E-state index contributed by atoms with van der Waals surface area (Å²) in [7, 11) is 1.59. The lowest BCUT2D eigenvalue weighted by molar-refractivity contribution is -0.134. The molecule has 1 fully saturated rings. The summed E-state index contributed by atoms with van der Waals surface area (Å²) in [6.45, 7) is 6.36.